The molecule has 0 aliphatic heterocycles. The van der Waals surface area contributed by atoms with Crippen molar-refractivity contribution >= 4 is 6.29 Å². The third kappa shape index (κ3) is 28.7. The Labute approximate surface area is 176 Å². The fourth-order valence-electron chi connectivity index (χ4n) is 0.500. The maximum atomic E-state index is 9.05. The van der Waals surface area contributed by atoms with E-state index in [-0.39, 0.29) is 95.1 Å². The van der Waals surface area contributed by atoms with Crippen molar-refractivity contribution in [3.8, 4) is 0 Å². The van der Waals surface area contributed by atoms with Gasteiger partial charge in [0.25, 0.3) is 0 Å². The van der Waals surface area contributed by atoms with Gasteiger partial charge in [-0.1, -0.05) is 29.2 Å². The summed E-state index contributed by atoms with van der Waals surface area (Å²) in [5, 5.41) is 0. The van der Waals surface area contributed by atoms with Gasteiger partial charge in [-0.2, -0.15) is 34.1 Å². The van der Waals surface area contributed by atoms with E-state index in [9.17, 15) is 0 Å². The van der Waals surface area contributed by atoms with E-state index >= 15 is 0 Å². The van der Waals surface area contributed by atoms with E-state index in [0.29, 0.717) is 11.8 Å². The van der Waals surface area contributed by atoms with Gasteiger partial charge in [0.2, 0.25) is 0 Å². The molecular formula is C16H38OY2-4. The smallest absolute Gasteiger partial charge is 0 e. The Hall–Kier alpha value is 1.88. The number of carbonyl (C=O) groups excluding carboxylic acids is 1. The molecule has 0 aromatic rings. The van der Waals surface area contributed by atoms with E-state index in [2.05, 4.69) is 41.5 Å². The topological polar surface area (TPSA) is 17.1 Å². The van der Waals surface area contributed by atoms with E-state index in [1.807, 2.05) is 0 Å². The largest absolute Gasteiger partial charge is 0.542 e. The van der Waals surface area contributed by atoms with Crippen molar-refractivity contribution in [3.63, 3.8) is 0 Å². The van der Waals surface area contributed by atoms with Gasteiger partial charge < -0.3 is 24.1 Å². The molecule has 0 saturated carbocycles. The SMILES string of the molecule is C.C.C.CC[C-]=O.C[C-](C)C(C)(C)[C-](C)C.[CH3-].[Y].[Y]. The van der Waals surface area contributed by atoms with Crippen LogP contribution in [0.25, 0.3) is 0 Å². The molecule has 0 bridgehead atoms. The van der Waals surface area contributed by atoms with Crippen LogP contribution in [-0.4, -0.2) is 6.29 Å². The molecule has 0 aliphatic rings. The first kappa shape index (κ1) is 49.7. The summed E-state index contributed by atoms with van der Waals surface area (Å²) < 4.78 is 0. The molecule has 0 aliphatic carbocycles. The summed E-state index contributed by atoms with van der Waals surface area (Å²) in [5.74, 6) is 2.98. The fraction of sp³-hybridized carbons (Fsp3) is 0.750. The molecule has 118 valence electrons. The van der Waals surface area contributed by atoms with Crippen LogP contribution in [-0.2, 0) is 70.2 Å². The standard InChI is InChI=1S/C9H18.C3H5O.3CH4.CH3.2Y/c1-7(2)9(5,6)8(3)4;1-2-3-4;;;;;;/h1-6H3;2H2,1H3;3*1H4;1H3;;/q-2;-1;;;;-1;;. The summed E-state index contributed by atoms with van der Waals surface area (Å²) in [5.41, 5.74) is 0.333. The van der Waals surface area contributed by atoms with Crippen LogP contribution in [0.2, 0.25) is 0 Å². The molecule has 1 nitrogen and oxygen atoms in total. The second-order valence-corrected chi connectivity index (χ2v) is 4.12. The molecule has 3 heteroatoms. The van der Waals surface area contributed by atoms with Crippen molar-refractivity contribution in [3.05, 3.63) is 19.3 Å². The van der Waals surface area contributed by atoms with Crippen LogP contribution < -0.4 is 0 Å². The van der Waals surface area contributed by atoms with Gasteiger partial charge in [0.1, 0.15) is 0 Å². The molecule has 19 heavy (non-hydrogen) atoms. The molecule has 0 unspecified atom stereocenters. The van der Waals surface area contributed by atoms with Crippen molar-refractivity contribution in [2.75, 3.05) is 0 Å². The van der Waals surface area contributed by atoms with Gasteiger partial charge in [0, 0.05) is 65.4 Å². The van der Waals surface area contributed by atoms with Crippen LogP contribution in [0.4, 0.5) is 0 Å². The van der Waals surface area contributed by atoms with Crippen molar-refractivity contribution in [2.24, 2.45) is 5.41 Å². The van der Waals surface area contributed by atoms with Crippen LogP contribution in [0.3, 0.4) is 0 Å². The molecule has 2 radical (unpaired) electrons. The summed E-state index contributed by atoms with van der Waals surface area (Å²) in [6, 6.07) is 0. The fourth-order valence-corrected chi connectivity index (χ4v) is 0.500. The third-order valence-corrected chi connectivity index (χ3v) is 2.64. The normalized spacial score (nSPS) is 7.63. The van der Waals surface area contributed by atoms with Crippen molar-refractivity contribution in [1.82, 2.24) is 0 Å². The monoisotopic (exact) mass is 424 g/mol. The average molecular weight is 424 g/mol. The molecule has 0 saturated heterocycles. The van der Waals surface area contributed by atoms with Crippen LogP contribution in [0.15, 0.2) is 0 Å². The van der Waals surface area contributed by atoms with E-state index in [1.54, 1.807) is 13.2 Å². The molecule has 0 aromatic carbocycles. The van der Waals surface area contributed by atoms with E-state index in [1.165, 1.54) is 11.8 Å². The zero-order chi connectivity index (χ0) is 11.1. The minimum Gasteiger partial charge on any atom is -0.542 e. The molecule has 0 rings (SSSR count). The number of rotatable bonds is 3. The summed E-state index contributed by atoms with van der Waals surface area (Å²) in [4.78, 5) is 9.05. The Morgan fingerprint density at radius 2 is 1.05 bits per heavy atom. The first-order chi connectivity index (χ1) is 5.80. The van der Waals surface area contributed by atoms with Crippen LogP contribution in [0.5, 0.6) is 0 Å². The average Bonchev–Trinajstić information content (AvgIpc) is 2.04. The predicted molar refractivity (Wildman–Crippen MR) is 85.6 cm³/mol. The summed E-state index contributed by atoms with van der Waals surface area (Å²) in [6.45, 7) is 15.0. The molecule has 0 N–H and O–H groups in total. The van der Waals surface area contributed by atoms with Gasteiger partial charge in [0.15, 0.2) is 0 Å². The predicted octanol–water partition coefficient (Wildman–Crippen LogP) is 6.10. The Balaban J connectivity index is -0.0000000183. The van der Waals surface area contributed by atoms with Crippen LogP contribution >= 0.6 is 0 Å². The van der Waals surface area contributed by atoms with Gasteiger partial charge in [-0.15, -0.1) is 13.8 Å². The summed E-state index contributed by atoms with van der Waals surface area (Å²) in [6.07, 6.45) is 2.19. The van der Waals surface area contributed by atoms with E-state index < -0.39 is 0 Å². The number of hydrogen-bond acceptors (Lipinski definition) is 1. The minimum absolute atomic E-state index is 0. The van der Waals surface area contributed by atoms with Gasteiger partial charge in [-0.3, -0.25) is 11.7 Å². The Kier molecular flexibility index (Phi) is 73.6. The van der Waals surface area contributed by atoms with Crippen molar-refractivity contribution in [2.45, 2.75) is 77.2 Å². The Morgan fingerprint density at radius 3 is 1.05 bits per heavy atom. The van der Waals surface area contributed by atoms with E-state index in [4.69, 9.17) is 4.79 Å². The Morgan fingerprint density at radius 1 is 0.895 bits per heavy atom. The minimum atomic E-state index is 0. The molecule has 0 spiro atoms. The number of hydrogen-bond donors (Lipinski definition) is 0. The molecule has 0 heterocycles. The summed E-state index contributed by atoms with van der Waals surface area (Å²) in [7, 11) is 0. The summed E-state index contributed by atoms with van der Waals surface area (Å²) >= 11 is 0. The Bertz CT molecular complexity index is 123. The molecule has 0 fully saturated rings. The zero-order valence-electron chi connectivity index (χ0n) is 12.3. The zero-order valence-corrected chi connectivity index (χ0v) is 17.9. The molecule has 0 atom stereocenters. The van der Waals surface area contributed by atoms with Crippen molar-refractivity contribution in [1.29, 1.82) is 0 Å². The quantitative estimate of drug-likeness (QED) is 0.501. The third-order valence-electron chi connectivity index (χ3n) is 2.64. The molecular weight excluding hydrogens is 386 g/mol. The molecule has 0 aromatic heterocycles. The van der Waals surface area contributed by atoms with Gasteiger partial charge in [-0.05, 0) is 0 Å². The van der Waals surface area contributed by atoms with Gasteiger partial charge >= 0.3 is 0 Å². The van der Waals surface area contributed by atoms with Gasteiger partial charge in [0.05, 0.1) is 0 Å². The second-order valence-electron chi connectivity index (χ2n) is 4.12. The van der Waals surface area contributed by atoms with E-state index in [0.717, 1.165) is 0 Å². The second kappa shape index (κ2) is 28.1. The van der Waals surface area contributed by atoms with Crippen molar-refractivity contribution < 1.29 is 70.2 Å². The first-order valence-electron chi connectivity index (χ1n) is 4.76. The van der Waals surface area contributed by atoms with Crippen LogP contribution in [0, 0.1) is 24.7 Å². The van der Waals surface area contributed by atoms with Gasteiger partial charge in [-0.25, -0.2) is 0 Å². The van der Waals surface area contributed by atoms with Crippen LogP contribution in [0.1, 0.15) is 77.2 Å². The maximum Gasteiger partial charge on any atom is 0 e. The first-order valence-corrected chi connectivity index (χ1v) is 4.76. The molecule has 0 amide bonds. The maximum absolute atomic E-state index is 9.05.